The summed E-state index contributed by atoms with van der Waals surface area (Å²) in [5.41, 5.74) is -0.193. The Morgan fingerprint density at radius 3 is 2.00 bits per heavy atom. The summed E-state index contributed by atoms with van der Waals surface area (Å²) in [6.45, 7) is 22.5. The van der Waals surface area contributed by atoms with E-state index in [1.807, 2.05) is 6.07 Å². The molecule has 0 aliphatic heterocycles. The van der Waals surface area contributed by atoms with Crippen LogP contribution in [0.2, 0.25) is 0 Å². The molecule has 0 aromatic carbocycles. The molecule has 4 heteroatoms. The molecule has 1 aromatic rings. The summed E-state index contributed by atoms with van der Waals surface area (Å²) in [5, 5.41) is 0. The average molecular weight is 395 g/mol. The quantitative estimate of drug-likeness (QED) is 0.365. The van der Waals surface area contributed by atoms with E-state index >= 15 is 0 Å². The molecular weight excluding hydrogens is 352 g/mol. The summed E-state index contributed by atoms with van der Waals surface area (Å²) in [5.74, 6) is 1.00. The second-order valence-corrected chi connectivity index (χ2v) is 11.0. The van der Waals surface area contributed by atoms with Gasteiger partial charge in [-0.3, -0.25) is 4.79 Å². The van der Waals surface area contributed by atoms with Gasteiger partial charge in [0.1, 0.15) is 12.4 Å². The van der Waals surface area contributed by atoms with E-state index in [4.69, 9.17) is 13.9 Å². The first-order chi connectivity index (χ1) is 12.6. The van der Waals surface area contributed by atoms with Gasteiger partial charge < -0.3 is 13.9 Å². The first-order valence-electron chi connectivity index (χ1n) is 10.4. The molecule has 0 aliphatic rings. The maximum atomic E-state index is 11.4. The second-order valence-electron chi connectivity index (χ2n) is 11.0. The Hall–Kier alpha value is -1.13. The van der Waals surface area contributed by atoms with Crippen LogP contribution < -0.4 is 0 Å². The molecule has 28 heavy (non-hydrogen) atoms. The molecule has 0 spiro atoms. The third-order valence-corrected chi connectivity index (χ3v) is 5.18. The summed E-state index contributed by atoms with van der Waals surface area (Å²) < 4.78 is 17.9. The third kappa shape index (κ3) is 8.91. The van der Waals surface area contributed by atoms with Crippen molar-refractivity contribution in [3.8, 4) is 0 Å². The fourth-order valence-electron chi connectivity index (χ4n) is 4.02. The Balaban J connectivity index is 2.62. The van der Waals surface area contributed by atoms with Crippen LogP contribution in [0.4, 0.5) is 0 Å². The molecule has 1 heterocycles. The van der Waals surface area contributed by atoms with Gasteiger partial charge in [-0.05, 0) is 69.9 Å². The Morgan fingerprint density at radius 2 is 1.50 bits per heavy atom. The van der Waals surface area contributed by atoms with Crippen LogP contribution in [-0.4, -0.2) is 23.6 Å². The number of furan rings is 1. The first kappa shape index (κ1) is 24.9. The number of carbonyl (C=O) groups is 1. The second kappa shape index (κ2) is 9.13. The summed E-state index contributed by atoms with van der Waals surface area (Å²) in [7, 11) is 0. The minimum absolute atomic E-state index is 0.0673. The first-order valence-corrected chi connectivity index (χ1v) is 10.4. The van der Waals surface area contributed by atoms with Gasteiger partial charge in [0.2, 0.25) is 0 Å². The standard InChI is InChI=1S/C24H42O4/c1-11-23(7,8)27-17-22(5,6)15-21(3,4)16-24(9,10)26-14-19-12-13-20(28-19)18(2)25/h12-13H,11,14-17H2,1-10H3. The van der Waals surface area contributed by atoms with Gasteiger partial charge >= 0.3 is 0 Å². The molecule has 4 nitrogen and oxygen atoms in total. The highest BCUT2D eigenvalue weighted by molar-refractivity contribution is 5.91. The number of hydrogen-bond donors (Lipinski definition) is 0. The molecule has 0 unspecified atom stereocenters. The summed E-state index contributed by atoms with van der Waals surface area (Å²) in [4.78, 5) is 11.4. The number of Topliss-reactive ketones (excluding diaryl/α,β-unsaturated/α-hetero) is 1. The topological polar surface area (TPSA) is 48.7 Å². The van der Waals surface area contributed by atoms with Crippen molar-refractivity contribution in [3.05, 3.63) is 23.7 Å². The highest BCUT2D eigenvalue weighted by Crippen LogP contribution is 2.41. The van der Waals surface area contributed by atoms with Crippen LogP contribution in [0.5, 0.6) is 0 Å². The van der Waals surface area contributed by atoms with Crippen molar-refractivity contribution in [1.29, 1.82) is 0 Å². The van der Waals surface area contributed by atoms with Gasteiger partial charge in [0, 0.05) is 6.92 Å². The summed E-state index contributed by atoms with van der Waals surface area (Å²) in [6, 6.07) is 3.52. The molecule has 0 N–H and O–H groups in total. The maximum Gasteiger partial charge on any atom is 0.194 e. The van der Waals surface area contributed by atoms with E-state index in [-0.39, 0.29) is 27.8 Å². The van der Waals surface area contributed by atoms with E-state index in [0.717, 1.165) is 25.9 Å². The fourth-order valence-corrected chi connectivity index (χ4v) is 4.02. The lowest BCUT2D eigenvalue weighted by atomic mass is 9.70. The van der Waals surface area contributed by atoms with Gasteiger partial charge in [-0.15, -0.1) is 0 Å². The lowest BCUT2D eigenvalue weighted by Crippen LogP contribution is -2.37. The number of carbonyl (C=O) groups excluding carboxylic acids is 1. The van der Waals surface area contributed by atoms with Gasteiger partial charge in [-0.25, -0.2) is 0 Å². The van der Waals surface area contributed by atoms with E-state index in [0.29, 0.717) is 18.1 Å². The number of ketones is 1. The van der Waals surface area contributed by atoms with Crippen LogP contribution in [-0.2, 0) is 16.1 Å². The predicted molar refractivity (Wildman–Crippen MR) is 115 cm³/mol. The molecule has 0 saturated carbocycles. The lowest BCUT2D eigenvalue weighted by Gasteiger charge is -2.41. The molecule has 0 fully saturated rings. The minimum Gasteiger partial charge on any atom is -0.456 e. The fraction of sp³-hybridized carbons (Fsp3) is 0.792. The van der Waals surface area contributed by atoms with E-state index in [2.05, 4.69) is 62.3 Å². The zero-order valence-corrected chi connectivity index (χ0v) is 19.8. The molecule has 0 atom stereocenters. The van der Waals surface area contributed by atoms with Crippen molar-refractivity contribution in [2.45, 2.75) is 106 Å². The van der Waals surface area contributed by atoms with Crippen LogP contribution in [0.15, 0.2) is 16.5 Å². The van der Waals surface area contributed by atoms with Gasteiger partial charge in [0.05, 0.1) is 17.8 Å². The van der Waals surface area contributed by atoms with Gasteiger partial charge in [-0.2, -0.15) is 0 Å². The monoisotopic (exact) mass is 394 g/mol. The van der Waals surface area contributed by atoms with Gasteiger partial charge in [0.25, 0.3) is 0 Å². The van der Waals surface area contributed by atoms with Crippen LogP contribution in [0.25, 0.3) is 0 Å². The number of ether oxygens (including phenoxy) is 2. The van der Waals surface area contributed by atoms with Crippen molar-refractivity contribution in [2.24, 2.45) is 10.8 Å². The zero-order valence-electron chi connectivity index (χ0n) is 19.8. The third-order valence-electron chi connectivity index (χ3n) is 5.18. The molecule has 0 saturated heterocycles. The van der Waals surface area contributed by atoms with E-state index in [1.165, 1.54) is 6.92 Å². The Bertz CT molecular complexity index is 635. The summed E-state index contributed by atoms with van der Waals surface area (Å²) in [6.07, 6.45) is 2.97. The van der Waals surface area contributed by atoms with Crippen molar-refractivity contribution < 1.29 is 18.7 Å². The molecule has 0 aliphatic carbocycles. The SMILES string of the molecule is CCC(C)(C)OCC(C)(C)CC(C)(C)CC(C)(C)OCc1ccc(C(C)=O)o1. The molecule has 162 valence electrons. The smallest absolute Gasteiger partial charge is 0.194 e. The van der Waals surface area contributed by atoms with E-state index < -0.39 is 0 Å². The van der Waals surface area contributed by atoms with E-state index in [1.54, 1.807) is 6.07 Å². The van der Waals surface area contributed by atoms with Gasteiger partial charge in [0.15, 0.2) is 11.5 Å². The molecule has 1 aromatic heterocycles. The highest BCUT2D eigenvalue weighted by atomic mass is 16.5. The predicted octanol–water partition coefficient (Wildman–Crippen LogP) is 6.82. The Labute approximate surface area is 172 Å². The molecule has 0 amide bonds. The number of rotatable bonds is 12. The van der Waals surface area contributed by atoms with Crippen molar-refractivity contribution in [3.63, 3.8) is 0 Å². The van der Waals surface area contributed by atoms with Crippen LogP contribution in [0.1, 0.15) is 105 Å². The minimum atomic E-state index is -0.299. The average Bonchev–Trinajstić information content (AvgIpc) is 2.99. The maximum absolute atomic E-state index is 11.4. The Kier molecular flexibility index (Phi) is 8.12. The molecule has 0 bridgehead atoms. The lowest BCUT2D eigenvalue weighted by molar-refractivity contribution is -0.0854. The van der Waals surface area contributed by atoms with Crippen LogP contribution in [0, 0.1) is 10.8 Å². The van der Waals surface area contributed by atoms with Crippen molar-refractivity contribution in [1.82, 2.24) is 0 Å². The largest absolute Gasteiger partial charge is 0.456 e. The highest BCUT2D eigenvalue weighted by Gasteiger charge is 2.35. The zero-order chi connectivity index (χ0) is 21.8. The molecule has 0 radical (unpaired) electrons. The molecular formula is C24H42O4. The van der Waals surface area contributed by atoms with E-state index in [9.17, 15) is 4.79 Å². The Morgan fingerprint density at radius 1 is 0.893 bits per heavy atom. The van der Waals surface area contributed by atoms with Crippen molar-refractivity contribution >= 4 is 5.78 Å². The number of hydrogen-bond acceptors (Lipinski definition) is 4. The normalized spacial score (nSPS) is 13.8. The summed E-state index contributed by atoms with van der Waals surface area (Å²) >= 11 is 0. The van der Waals surface area contributed by atoms with Crippen molar-refractivity contribution in [2.75, 3.05) is 6.61 Å². The van der Waals surface area contributed by atoms with Crippen LogP contribution in [0.3, 0.4) is 0 Å². The van der Waals surface area contributed by atoms with Crippen LogP contribution >= 0.6 is 0 Å². The molecule has 1 rings (SSSR count). The van der Waals surface area contributed by atoms with Gasteiger partial charge in [-0.1, -0.05) is 34.6 Å².